The summed E-state index contributed by atoms with van der Waals surface area (Å²) < 4.78 is 6.59. The zero-order valence-corrected chi connectivity index (χ0v) is 11.5. The van der Waals surface area contributed by atoms with Crippen LogP contribution in [0.1, 0.15) is 11.6 Å². The van der Waals surface area contributed by atoms with Gasteiger partial charge in [-0.3, -0.25) is 4.79 Å². The molecule has 19 heavy (non-hydrogen) atoms. The summed E-state index contributed by atoms with van der Waals surface area (Å²) in [7, 11) is 0. The molecule has 0 heterocycles. The molecular weight excluding hydrogens is 310 g/mol. The van der Waals surface area contributed by atoms with Crippen LogP contribution in [0.3, 0.4) is 0 Å². The Morgan fingerprint density at radius 2 is 1.53 bits per heavy atom. The lowest BCUT2D eigenvalue weighted by molar-refractivity contribution is -0.138. The van der Waals surface area contributed by atoms with E-state index in [0.29, 0.717) is 17.1 Å². The minimum Gasteiger partial charge on any atom is -0.480 e. The van der Waals surface area contributed by atoms with Crippen molar-refractivity contribution in [2.75, 3.05) is 0 Å². The van der Waals surface area contributed by atoms with Gasteiger partial charge in [-0.05, 0) is 42.0 Å². The van der Waals surface area contributed by atoms with Gasteiger partial charge < -0.3 is 15.6 Å². The number of ether oxygens (including phenoxy) is 1. The fraction of sp³-hybridized carbons (Fsp3) is 0.0714. The number of rotatable bonds is 4. The third kappa shape index (κ3) is 3.56. The molecule has 0 spiro atoms. The second-order valence-electron chi connectivity index (χ2n) is 3.94. The number of carbonyl (C=O) groups is 1. The highest BCUT2D eigenvalue weighted by Gasteiger charge is 2.13. The number of hydrogen-bond donors (Lipinski definition) is 2. The van der Waals surface area contributed by atoms with Gasteiger partial charge >= 0.3 is 5.97 Å². The van der Waals surface area contributed by atoms with E-state index in [1.54, 1.807) is 24.3 Å². The van der Waals surface area contributed by atoms with Crippen LogP contribution in [0.5, 0.6) is 11.5 Å². The van der Waals surface area contributed by atoms with E-state index in [1.165, 1.54) is 0 Å². The summed E-state index contributed by atoms with van der Waals surface area (Å²) in [5, 5.41) is 8.81. The number of carboxylic acids is 1. The number of halogens is 1. The predicted octanol–water partition coefficient (Wildman–Crippen LogP) is 3.33. The fourth-order valence-electron chi connectivity index (χ4n) is 1.52. The minimum atomic E-state index is -1.05. The first-order valence-corrected chi connectivity index (χ1v) is 6.37. The molecule has 2 aromatic carbocycles. The number of aliphatic carboxylic acids is 1. The molecule has 0 radical (unpaired) electrons. The van der Waals surface area contributed by atoms with Gasteiger partial charge in [-0.1, -0.05) is 28.1 Å². The van der Waals surface area contributed by atoms with Crippen molar-refractivity contribution in [2.24, 2.45) is 5.73 Å². The molecule has 1 atom stereocenters. The van der Waals surface area contributed by atoms with Crippen molar-refractivity contribution in [1.29, 1.82) is 0 Å². The monoisotopic (exact) mass is 321 g/mol. The molecule has 0 saturated heterocycles. The molecule has 0 saturated carbocycles. The summed E-state index contributed by atoms with van der Waals surface area (Å²) in [5.74, 6) is 0.281. The van der Waals surface area contributed by atoms with Crippen molar-refractivity contribution in [3.63, 3.8) is 0 Å². The first kappa shape index (κ1) is 13.6. The van der Waals surface area contributed by atoms with Crippen LogP contribution >= 0.6 is 15.9 Å². The van der Waals surface area contributed by atoms with Crippen molar-refractivity contribution in [3.8, 4) is 11.5 Å². The highest BCUT2D eigenvalue weighted by Crippen LogP contribution is 2.24. The lowest BCUT2D eigenvalue weighted by atomic mass is 10.1. The van der Waals surface area contributed by atoms with Crippen LogP contribution in [0.2, 0.25) is 0 Å². The summed E-state index contributed by atoms with van der Waals surface area (Å²) in [6.07, 6.45) is 0. The van der Waals surface area contributed by atoms with Crippen molar-refractivity contribution >= 4 is 21.9 Å². The van der Waals surface area contributed by atoms with Crippen molar-refractivity contribution in [2.45, 2.75) is 6.04 Å². The first-order valence-electron chi connectivity index (χ1n) is 5.58. The molecule has 0 amide bonds. The average Bonchev–Trinajstić information content (AvgIpc) is 2.41. The molecule has 5 heteroatoms. The van der Waals surface area contributed by atoms with Crippen molar-refractivity contribution in [1.82, 2.24) is 0 Å². The first-order chi connectivity index (χ1) is 9.06. The molecule has 0 aliphatic rings. The van der Waals surface area contributed by atoms with Crippen LogP contribution in [0.25, 0.3) is 0 Å². The summed E-state index contributed by atoms with van der Waals surface area (Å²) in [6.45, 7) is 0. The van der Waals surface area contributed by atoms with E-state index in [9.17, 15) is 4.79 Å². The molecule has 0 aliphatic carbocycles. The van der Waals surface area contributed by atoms with Gasteiger partial charge in [0.15, 0.2) is 0 Å². The summed E-state index contributed by atoms with van der Waals surface area (Å²) in [6, 6.07) is 13.1. The van der Waals surface area contributed by atoms with Crippen molar-refractivity contribution in [3.05, 3.63) is 58.6 Å². The maximum absolute atomic E-state index is 10.7. The largest absolute Gasteiger partial charge is 0.480 e. The molecule has 4 nitrogen and oxygen atoms in total. The number of hydrogen-bond acceptors (Lipinski definition) is 3. The topological polar surface area (TPSA) is 72.6 Å². The van der Waals surface area contributed by atoms with Gasteiger partial charge in [0.05, 0.1) is 0 Å². The van der Waals surface area contributed by atoms with Crippen LogP contribution in [-0.2, 0) is 4.79 Å². The standard InChI is InChI=1S/C14H12BrNO3/c15-10-3-7-12(8-4-10)19-11-5-1-9(2-6-11)13(16)14(17)18/h1-8,13H,16H2,(H,17,18)/t13-/m0/s1. The Morgan fingerprint density at radius 3 is 2.00 bits per heavy atom. The van der Waals surface area contributed by atoms with E-state index in [0.717, 1.165) is 4.47 Å². The molecular formula is C14H12BrNO3. The van der Waals surface area contributed by atoms with Crippen LogP contribution in [-0.4, -0.2) is 11.1 Å². The molecule has 0 aromatic heterocycles. The normalized spacial score (nSPS) is 11.9. The summed E-state index contributed by atoms with van der Waals surface area (Å²) >= 11 is 3.34. The van der Waals surface area contributed by atoms with Gasteiger partial charge in [-0.2, -0.15) is 0 Å². The van der Waals surface area contributed by atoms with Gasteiger partial charge in [0.2, 0.25) is 0 Å². The van der Waals surface area contributed by atoms with E-state index in [1.807, 2.05) is 24.3 Å². The molecule has 0 unspecified atom stereocenters. The third-order valence-corrected chi connectivity index (χ3v) is 3.08. The molecule has 98 valence electrons. The lowest BCUT2D eigenvalue weighted by Gasteiger charge is -2.09. The number of nitrogens with two attached hydrogens (primary N) is 1. The number of carboxylic acid groups (broad SMARTS) is 1. The van der Waals surface area contributed by atoms with Crippen molar-refractivity contribution < 1.29 is 14.6 Å². The molecule has 0 bridgehead atoms. The Hall–Kier alpha value is -1.85. The highest BCUT2D eigenvalue weighted by molar-refractivity contribution is 9.10. The fourth-order valence-corrected chi connectivity index (χ4v) is 1.79. The zero-order valence-electron chi connectivity index (χ0n) is 9.92. The SMILES string of the molecule is N[C@H](C(=O)O)c1ccc(Oc2ccc(Br)cc2)cc1. The zero-order chi connectivity index (χ0) is 13.8. The molecule has 0 fully saturated rings. The van der Waals surface area contributed by atoms with Gasteiger partial charge in [-0.15, -0.1) is 0 Å². The van der Waals surface area contributed by atoms with Gasteiger partial charge in [0.25, 0.3) is 0 Å². The Morgan fingerprint density at radius 1 is 1.05 bits per heavy atom. The second-order valence-corrected chi connectivity index (χ2v) is 4.86. The van der Waals surface area contributed by atoms with E-state index in [4.69, 9.17) is 15.6 Å². The minimum absolute atomic E-state index is 0.538. The Kier molecular flexibility index (Phi) is 4.19. The summed E-state index contributed by atoms with van der Waals surface area (Å²) in [4.78, 5) is 10.7. The van der Waals surface area contributed by atoms with Crippen LogP contribution < -0.4 is 10.5 Å². The second kappa shape index (κ2) is 5.86. The Bertz CT molecular complexity index is 566. The summed E-state index contributed by atoms with van der Waals surface area (Å²) in [5.41, 5.74) is 6.05. The Labute approximate surface area is 118 Å². The van der Waals surface area contributed by atoms with E-state index in [2.05, 4.69) is 15.9 Å². The van der Waals surface area contributed by atoms with Gasteiger partial charge in [0, 0.05) is 4.47 Å². The Balaban J connectivity index is 2.10. The van der Waals surface area contributed by atoms with E-state index >= 15 is 0 Å². The maximum Gasteiger partial charge on any atom is 0.325 e. The molecule has 0 aliphatic heterocycles. The van der Waals surface area contributed by atoms with Crippen LogP contribution in [0.4, 0.5) is 0 Å². The quantitative estimate of drug-likeness (QED) is 0.906. The average molecular weight is 322 g/mol. The molecule has 2 rings (SSSR count). The molecule has 3 N–H and O–H groups in total. The maximum atomic E-state index is 10.7. The van der Waals surface area contributed by atoms with Crippen LogP contribution in [0.15, 0.2) is 53.0 Å². The predicted molar refractivity (Wildman–Crippen MR) is 75.2 cm³/mol. The smallest absolute Gasteiger partial charge is 0.325 e. The third-order valence-electron chi connectivity index (χ3n) is 2.55. The van der Waals surface area contributed by atoms with Gasteiger partial charge in [-0.25, -0.2) is 0 Å². The van der Waals surface area contributed by atoms with Crippen LogP contribution in [0, 0.1) is 0 Å². The van der Waals surface area contributed by atoms with E-state index < -0.39 is 12.0 Å². The molecule has 2 aromatic rings. The van der Waals surface area contributed by atoms with E-state index in [-0.39, 0.29) is 0 Å². The lowest BCUT2D eigenvalue weighted by Crippen LogP contribution is -2.20. The highest BCUT2D eigenvalue weighted by atomic mass is 79.9. The van der Waals surface area contributed by atoms with Gasteiger partial charge in [0.1, 0.15) is 17.5 Å². The number of benzene rings is 2.